The third kappa shape index (κ3) is 3.20. The van der Waals surface area contributed by atoms with Crippen LogP contribution in [-0.4, -0.2) is 66.0 Å². The van der Waals surface area contributed by atoms with E-state index >= 15 is 0 Å². The molecule has 1 aromatic rings. The van der Waals surface area contributed by atoms with Crippen molar-refractivity contribution in [3.8, 4) is 5.75 Å². The van der Waals surface area contributed by atoms with Crippen molar-refractivity contribution in [3.05, 3.63) is 29.3 Å². The van der Waals surface area contributed by atoms with Crippen LogP contribution in [0, 0.1) is 11.8 Å². The molecular weight excluding hydrogens is 378 g/mol. The summed E-state index contributed by atoms with van der Waals surface area (Å²) in [7, 11) is 0. The molecule has 1 N–H and O–H groups in total. The number of nitrogens with one attached hydrogen (secondary N) is 1. The second-order valence-electron chi connectivity index (χ2n) is 9.66. The first-order valence-electron chi connectivity index (χ1n) is 11.6. The van der Waals surface area contributed by atoms with Gasteiger partial charge in [-0.15, -0.1) is 0 Å². The summed E-state index contributed by atoms with van der Waals surface area (Å²) in [6, 6.07) is 6.34. The Kier molecular flexibility index (Phi) is 5.00. The van der Waals surface area contributed by atoms with Gasteiger partial charge in [0.15, 0.2) is 0 Å². The Labute approximate surface area is 178 Å². The first-order chi connectivity index (χ1) is 14.5. The Morgan fingerprint density at radius 2 is 2.10 bits per heavy atom. The standard InChI is InChI=1S/C24H33N3O3/c1-3-4-16(2)27-14-19-20(15-27)24(25-22(19)28)8-10-26(11-9-24)23(29)18-5-6-21-17(13-18)7-12-30-21/h5-6,13,16,19-20H,3-4,7-12,14-15H2,1-2H3,(H,25,28)/t16-,19+,20-/m0/s1. The van der Waals surface area contributed by atoms with Crippen LogP contribution in [0.15, 0.2) is 18.2 Å². The number of hydrogen-bond donors (Lipinski definition) is 1. The third-order valence-electron chi connectivity index (χ3n) is 7.98. The molecule has 5 rings (SSSR count). The van der Waals surface area contributed by atoms with Gasteiger partial charge in [-0.1, -0.05) is 13.3 Å². The van der Waals surface area contributed by atoms with E-state index in [1.807, 2.05) is 23.1 Å². The van der Waals surface area contributed by atoms with E-state index in [-0.39, 0.29) is 23.3 Å². The Hall–Kier alpha value is -2.08. The number of rotatable bonds is 4. The molecule has 30 heavy (non-hydrogen) atoms. The molecule has 0 saturated carbocycles. The summed E-state index contributed by atoms with van der Waals surface area (Å²) in [4.78, 5) is 30.4. The van der Waals surface area contributed by atoms with Crippen LogP contribution in [0.1, 0.15) is 55.5 Å². The number of carbonyl (C=O) groups excluding carboxylic acids is 2. The highest BCUT2D eigenvalue weighted by Gasteiger charge is 2.57. The van der Waals surface area contributed by atoms with Gasteiger partial charge in [0, 0.05) is 55.7 Å². The molecule has 4 aliphatic rings. The van der Waals surface area contributed by atoms with Gasteiger partial charge < -0.3 is 15.0 Å². The normalized spacial score (nSPS) is 28.2. The molecule has 1 spiro atoms. The van der Waals surface area contributed by atoms with Gasteiger partial charge in [-0.25, -0.2) is 0 Å². The van der Waals surface area contributed by atoms with Crippen molar-refractivity contribution in [1.82, 2.24) is 15.1 Å². The maximum Gasteiger partial charge on any atom is 0.253 e. The molecule has 0 aromatic heterocycles. The fourth-order valence-electron chi connectivity index (χ4n) is 6.16. The van der Waals surface area contributed by atoms with Gasteiger partial charge in [0.2, 0.25) is 5.91 Å². The summed E-state index contributed by atoms with van der Waals surface area (Å²) >= 11 is 0. The zero-order chi connectivity index (χ0) is 20.9. The van der Waals surface area contributed by atoms with Crippen molar-refractivity contribution < 1.29 is 14.3 Å². The highest BCUT2D eigenvalue weighted by molar-refractivity contribution is 5.95. The molecule has 2 amide bonds. The predicted octanol–water partition coefficient (Wildman–Crippen LogP) is 2.46. The van der Waals surface area contributed by atoms with E-state index in [0.29, 0.717) is 31.7 Å². The van der Waals surface area contributed by atoms with Gasteiger partial charge in [-0.3, -0.25) is 14.5 Å². The van der Waals surface area contributed by atoms with Gasteiger partial charge >= 0.3 is 0 Å². The van der Waals surface area contributed by atoms with Crippen molar-refractivity contribution in [2.45, 2.75) is 57.5 Å². The van der Waals surface area contributed by atoms with Crippen molar-refractivity contribution in [2.24, 2.45) is 11.8 Å². The summed E-state index contributed by atoms with van der Waals surface area (Å²) in [5.74, 6) is 1.73. The van der Waals surface area contributed by atoms with Crippen LogP contribution < -0.4 is 10.1 Å². The van der Waals surface area contributed by atoms with Crippen LogP contribution in [0.4, 0.5) is 0 Å². The van der Waals surface area contributed by atoms with Gasteiger partial charge in [0.1, 0.15) is 5.75 Å². The van der Waals surface area contributed by atoms with Crippen LogP contribution in [0.5, 0.6) is 5.75 Å². The van der Waals surface area contributed by atoms with Crippen molar-refractivity contribution in [1.29, 1.82) is 0 Å². The van der Waals surface area contributed by atoms with Crippen LogP contribution in [0.2, 0.25) is 0 Å². The first kappa shape index (κ1) is 19.9. The summed E-state index contributed by atoms with van der Waals surface area (Å²) in [6.07, 6.45) is 4.95. The van der Waals surface area contributed by atoms with Gasteiger partial charge in [-0.05, 0) is 49.9 Å². The summed E-state index contributed by atoms with van der Waals surface area (Å²) in [5, 5.41) is 3.38. The number of fused-ring (bicyclic) bond motifs is 3. The Morgan fingerprint density at radius 3 is 2.87 bits per heavy atom. The molecule has 6 heteroatoms. The lowest BCUT2D eigenvalue weighted by Gasteiger charge is -2.43. The highest BCUT2D eigenvalue weighted by atomic mass is 16.5. The quantitative estimate of drug-likeness (QED) is 0.827. The fourth-order valence-corrected chi connectivity index (χ4v) is 6.16. The summed E-state index contributed by atoms with van der Waals surface area (Å²) in [6.45, 7) is 8.53. The van der Waals surface area contributed by atoms with E-state index in [0.717, 1.165) is 49.2 Å². The molecule has 0 unspecified atom stereocenters. The number of benzene rings is 1. The lowest BCUT2D eigenvalue weighted by atomic mass is 9.75. The second kappa shape index (κ2) is 7.56. The van der Waals surface area contributed by atoms with E-state index in [1.165, 1.54) is 12.8 Å². The maximum absolute atomic E-state index is 13.1. The van der Waals surface area contributed by atoms with Crippen LogP contribution in [-0.2, 0) is 11.2 Å². The van der Waals surface area contributed by atoms with Crippen LogP contribution in [0.25, 0.3) is 0 Å². The number of amides is 2. The van der Waals surface area contributed by atoms with E-state index < -0.39 is 0 Å². The highest BCUT2D eigenvalue weighted by Crippen LogP contribution is 2.44. The molecule has 3 atom stereocenters. The SMILES string of the molecule is CCC[C@H](C)N1C[C@H]2C(=O)NC3(CCN(C(=O)c4ccc5c(c4)CCO5)CC3)[C@H]2C1. The molecule has 3 fully saturated rings. The average Bonchev–Trinajstić information content (AvgIpc) is 3.45. The lowest BCUT2D eigenvalue weighted by molar-refractivity contribution is -0.123. The Bertz CT molecular complexity index is 846. The molecule has 0 radical (unpaired) electrons. The van der Waals surface area contributed by atoms with E-state index in [1.54, 1.807) is 0 Å². The minimum absolute atomic E-state index is 0.102. The van der Waals surface area contributed by atoms with Crippen LogP contribution >= 0.6 is 0 Å². The van der Waals surface area contributed by atoms with Gasteiger partial charge in [0.05, 0.1) is 12.5 Å². The zero-order valence-corrected chi connectivity index (χ0v) is 18.2. The van der Waals surface area contributed by atoms with Gasteiger partial charge in [0.25, 0.3) is 5.91 Å². The molecule has 162 valence electrons. The van der Waals surface area contributed by atoms with Crippen molar-refractivity contribution in [2.75, 3.05) is 32.8 Å². The third-order valence-corrected chi connectivity index (χ3v) is 7.98. The number of carbonyl (C=O) groups is 2. The topological polar surface area (TPSA) is 61.9 Å². The minimum atomic E-state index is -0.134. The van der Waals surface area contributed by atoms with E-state index in [2.05, 4.69) is 24.1 Å². The first-order valence-corrected chi connectivity index (χ1v) is 11.6. The Morgan fingerprint density at radius 1 is 1.30 bits per heavy atom. The summed E-state index contributed by atoms with van der Waals surface area (Å²) in [5.41, 5.74) is 1.75. The van der Waals surface area contributed by atoms with Crippen molar-refractivity contribution >= 4 is 11.8 Å². The molecule has 4 heterocycles. The number of nitrogens with zero attached hydrogens (tertiary/aromatic N) is 2. The largest absolute Gasteiger partial charge is 0.493 e. The van der Waals surface area contributed by atoms with Crippen molar-refractivity contribution in [3.63, 3.8) is 0 Å². The molecule has 4 aliphatic heterocycles. The minimum Gasteiger partial charge on any atom is -0.493 e. The zero-order valence-electron chi connectivity index (χ0n) is 18.2. The Balaban J connectivity index is 1.26. The number of hydrogen-bond acceptors (Lipinski definition) is 4. The van der Waals surface area contributed by atoms with E-state index in [9.17, 15) is 9.59 Å². The predicted molar refractivity (Wildman–Crippen MR) is 115 cm³/mol. The fraction of sp³-hybridized carbons (Fsp3) is 0.667. The number of ether oxygens (including phenoxy) is 1. The molecule has 6 nitrogen and oxygen atoms in total. The molecule has 0 aliphatic carbocycles. The van der Waals surface area contributed by atoms with E-state index in [4.69, 9.17) is 4.74 Å². The molecular formula is C24H33N3O3. The monoisotopic (exact) mass is 411 g/mol. The maximum atomic E-state index is 13.1. The molecule has 0 bridgehead atoms. The number of likely N-dealkylation sites (tertiary alicyclic amines) is 2. The molecule has 1 aromatic carbocycles. The number of piperidine rings is 1. The second-order valence-corrected chi connectivity index (χ2v) is 9.66. The summed E-state index contributed by atoms with van der Waals surface area (Å²) < 4.78 is 5.56. The lowest BCUT2D eigenvalue weighted by Crippen LogP contribution is -2.56. The smallest absolute Gasteiger partial charge is 0.253 e. The average molecular weight is 412 g/mol. The molecule has 3 saturated heterocycles. The van der Waals surface area contributed by atoms with Crippen LogP contribution in [0.3, 0.4) is 0 Å². The van der Waals surface area contributed by atoms with Gasteiger partial charge in [-0.2, -0.15) is 0 Å².